The molecule has 1 fully saturated rings. The number of aryl methyl sites for hydroxylation is 1. The van der Waals surface area contributed by atoms with Gasteiger partial charge in [0, 0.05) is 25.4 Å². The van der Waals surface area contributed by atoms with E-state index in [2.05, 4.69) is 16.4 Å². The number of nitrogens with one attached hydrogen (secondary N) is 2. The first-order valence-electron chi connectivity index (χ1n) is 11.5. The molecule has 7 heteroatoms. The van der Waals surface area contributed by atoms with Crippen LogP contribution >= 0.6 is 0 Å². The van der Waals surface area contributed by atoms with Crippen LogP contribution in [-0.4, -0.2) is 47.9 Å². The van der Waals surface area contributed by atoms with Crippen LogP contribution < -0.4 is 15.6 Å². The zero-order chi connectivity index (χ0) is 22.4. The monoisotopic (exact) mass is 437 g/mol. The number of pyridine rings is 1. The van der Waals surface area contributed by atoms with Gasteiger partial charge in [0.25, 0.3) is 5.91 Å². The summed E-state index contributed by atoms with van der Waals surface area (Å²) in [5.41, 5.74) is 1.02. The molecular weight excluding hydrogens is 406 g/mol. The van der Waals surface area contributed by atoms with Gasteiger partial charge in [-0.1, -0.05) is 31.0 Å². The number of benzene rings is 1. The number of nitrogens with zero attached hydrogens (tertiary/aromatic N) is 1. The molecule has 4 rings (SSSR count). The molecule has 2 aliphatic heterocycles. The van der Waals surface area contributed by atoms with Gasteiger partial charge in [0.05, 0.1) is 17.5 Å². The summed E-state index contributed by atoms with van der Waals surface area (Å²) in [6.07, 6.45) is 7.68. The molecule has 2 aliphatic rings. The van der Waals surface area contributed by atoms with Crippen LogP contribution in [0.15, 0.2) is 47.4 Å². The van der Waals surface area contributed by atoms with Gasteiger partial charge in [0.1, 0.15) is 12.4 Å². The Morgan fingerprint density at radius 2 is 1.78 bits per heavy atom. The maximum absolute atomic E-state index is 13.2. The number of aromatic amines is 1. The fourth-order valence-electron chi connectivity index (χ4n) is 4.77. The molecule has 2 N–H and O–H groups in total. The fraction of sp³-hybridized carbons (Fsp3) is 0.480. The number of amides is 2. The Kier molecular flexibility index (Phi) is 6.93. The number of carbonyl (C=O) groups is 2. The van der Waals surface area contributed by atoms with Crippen molar-refractivity contribution in [2.45, 2.75) is 44.9 Å². The Labute approximate surface area is 188 Å². The van der Waals surface area contributed by atoms with Crippen LogP contribution in [0.3, 0.4) is 0 Å². The van der Waals surface area contributed by atoms with Crippen LogP contribution in [0.25, 0.3) is 0 Å². The minimum absolute atomic E-state index is 0.0739. The highest BCUT2D eigenvalue weighted by molar-refractivity contribution is 5.94. The summed E-state index contributed by atoms with van der Waals surface area (Å²) in [4.78, 5) is 41.6. The first-order valence-corrected chi connectivity index (χ1v) is 11.5. The van der Waals surface area contributed by atoms with Crippen molar-refractivity contribution in [1.29, 1.82) is 0 Å². The number of piperidine rings is 1. The maximum atomic E-state index is 13.2. The second-order valence-electron chi connectivity index (χ2n) is 8.79. The number of carbonyl (C=O) groups excluding carboxylic acids is 2. The molecule has 2 amide bonds. The first-order chi connectivity index (χ1) is 15.6. The van der Waals surface area contributed by atoms with Crippen molar-refractivity contribution in [3.05, 3.63) is 64.1 Å². The normalized spacial score (nSPS) is 19.5. The van der Waals surface area contributed by atoms with Gasteiger partial charge in [-0.15, -0.1) is 0 Å². The molecule has 32 heavy (non-hydrogen) atoms. The zero-order valence-electron chi connectivity index (χ0n) is 18.4. The van der Waals surface area contributed by atoms with E-state index in [-0.39, 0.29) is 17.4 Å². The lowest BCUT2D eigenvalue weighted by Crippen LogP contribution is -2.50. The summed E-state index contributed by atoms with van der Waals surface area (Å²) in [7, 11) is 0. The highest BCUT2D eigenvalue weighted by Crippen LogP contribution is 2.38. The lowest BCUT2D eigenvalue weighted by atomic mass is 9.73. The summed E-state index contributed by atoms with van der Waals surface area (Å²) >= 11 is 0. The smallest absolute Gasteiger partial charge is 0.255 e. The average molecular weight is 438 g/mol. The molecule has 1 spiro atoms. The average Bonchev–Trinajstić information content (AvgIpc) is 2.83. The van der Waals surface area contributed by atoms with E-state index >= 15 is 0 Å². The van der Waals surface area contributed by atoms with E-state index in [1.165, 1.54) is 17.8 Å². The molecule has 0 unspecified atom stereocenters. The largest absolute Gasteiger partial charge is 0.491 e. The minimum atomic E-state index is -0.442. The topological polar surface area (TPSA) is 91.5 Å². The quantitative estimate of drug-likeness (QED) is 0.718. The zero-order valence-corrected chi connectivity index (χ0v) is 18.4. The second kappa shape index (κ2) is 10.0. The molecule has 2 aromatic rings. The van der Waals surface area contributed by atoms with Crippen molar-refractivity contribution in [3.8, 4) is 5.75 Å². The third-order valence-electron chi connectivity index (χ3n) is 6.74. The van der Waals surface area contributed by atoms with Gasteiger partial charge in [0.15, 0.2) is 0 Å². The molecule has 1 aromatic heterocycles. The summed E-state index contributed by atoms with van der Waals surface area (Å²) < 4.78 is 5.94. The van der Waals surface area contributed by atoms with Crippen molar-refractivity contribution < 1.29 is 14.3 Å². The van der Waals surface area contributed by atoms with Crippen LogP contribution in [0, 0.1) is 5.41 Å². The van der Waals surface area contributed by atoms with Crippen molar-refractivity contribution in [2.24, 2.45) is 5.41 Å². The number of para-hydroxylation sites is 1. The Balaban J connectivity index is 1.40. The molecule has 3 heterocycles. The second-order valence-corrected chi connectivity index (χ2v) is 8.79. The number of fused-ring (bicyclic) bond motifs is 1. The summed E-state index contributed by atoms with van der Waals surface area (Å²) in [5.74, 6) is 0.877. The standard InChI is InChI=1S/C25H31N3O4/c29-22-10-9-20(18-27-22)23(30)28-15-12-25(13-16-28)11-5-1-2-6-19-7-3-4-8-21(19)32-17-14-26-24(25)31/h3-4,7-10,18H,1-2,5-6,11-17H2,(H,26,31)(H,27,29). The first kappa shape index (κ1) is 22.1. The molecule has 0 atom stereocenters. The molecule has 170 valence electrons. The minimum Gasteiger partial charge on any atom is -0.491 e. The van der Waals surface area contributed by atoms with Gasteiger partial charge in [-0.3, -0.25) is 14.4 Å². The highest BCUT2D eigenvalue weighted by atomic mass is 16.5. The Hall–Kier alpha value is -3.09. The van der Waals surface area contributed by atoms with Gasteiger partial charge in [0.2, 0.25) is 11.5 Å². The van der Waals surface area contributed by atoms with E-state index in [1.807, 2.05) is 18.2 Å². The van der Waals surface area contributed by atoms with Crippen LogP contribution in [0.1, 0.15) is 54.4 Å². The Morgan fingerprint density at radius 3 is 2.56 bits per heavy atom. The summed E-state index contributed by atoms with van der Waals surface area (Å²) in [5, 5.41) is 3.09. The van der Waals surface area contributed by atoms with E-state index in [9.17, 15) is 14.4 Å². The van der Waals surface area contributed by atoms with Gasteiger partial charge in [-0.05, 0) is 49.8 Å². The maximum Gasteiger partial charge on any atom is 0.255 e. The number of hydrogen-bond acceptors (Lipinski definition) is 4. The van der Waals surface area contributed by atoms with Crippen LogP contribution in [-0.2, 0) is 11.2 Å². The Morgan fingerprint density at radius 1 is 0.969 bits per heavy atom. The van der Waals surface area contributed by atoms with Crippen molar-refractivity contribution in [3.63, 3.8) is 0 Å². The molecular formula is C25H31N3O4. The molecule has 0 radical (unpaired) electrons. The number of aromatic nitrogens is 1. The number of likely N-dealkylation sites (tertiary alicyclic amines) is 1. The third-order valence-corrected chi connectivity index (χ3v) is 6.74. The lowest BCUT2D eigenvalue weighted by molar-refractivity contribution is -0.134. The van der Waals surface area contributed by atoms with Crippen molar-refractivity contribution in [1.82, 2.24) is 15.2 Å². The van der Waals surface area contributed by atoms with Gasteiger partial charge >= 0.3 is 0 Å². The van der Waals surface area contributed by atoms with E-state index in [0.717, 1.165) is 37.9 Å². The summed E-state index contributed by atoms with van der Waals surface area (Å²) in [6.45, 7) is 1.98. The van der Waals surface area contributed by atoms with Crippen LogP contribution in [0.4, 0.5) is 0 Å². The molecule has 7 nitrogen and oxygen atoms in total. The highest BCUT2D eigenvalue weighted by Gasteiger charge is 2.41. The molecule has 0 saturated carbocycles. The molecule has 1 aromatic carbocycles. The SMILES string of the molecule is O=C(c1ccc(=O)[nH]c1)N1CCC2(CCCCCc3ccccc3OCCNC2=O)CC1. The number of H-pyrrole nitrogens is 1. The summed E-state index contributed by atoms with van der Waals surface area (Å²) in [6, 6.07) is 11.0. The predicted molar refractivity (Wildman–Crippen MR) is 122 cm³/mol. The van der Waals surface area contributed by atoms with Crippen molar-refractivity contribution >= 4 is 11.8 Å². The fourth-order valence-corrected chi connectivity index (χ4v) is 4.77. The number of hydrogen-bond donors (Lipinski definition) is 2. The predicted octanol–water partition coefficient (Wildman–Crippen LogP) is 2.91. The Bertz CT molecular complexity index is 988. The lowest BCUT2D eigenvalue weighted by Gasteiger charge is -2.41. The van der Waals surface area contributed by atoms with E-state index in [0.29, 0.717) is 44.6 Å². The molecule has 0 aliphatic carbocycles. The van der Waals surface area contributed by atoms with E-state index in [4.69, 9.17) is 4.74 Å². The molecule has 1 saturated heterocycles. The van der Waals surface area contributed by atoms with Gasteiger partial charge in [-0.2, -0.15) is 0 Å². The van der Waals surface area contributed by atoms with Crippen LogP contribution in [0.5, 0.6) is 5.75 Å². The van der Waals surface area contributed by atoms with Crippen LogP contribution in [0.2, 0.25) is 0 Å². The molecule has 0 bridgehead atoms. The van der Waals surface area contributed by atoms with Gasteiger partial charge < -0.3 is 19.9 Å². The number of ether oxygens (including phenoxy) is 1. The number of rotatable bonds is 1. The van der Waals surface area contributed by atoms with E-state index < -0.39 is 5.41 Å². The third kappa shape index (κ3) is 5.03. The van der Waals surface area contributed by atoms with E-state index in [1.54, 1.807) is 11.0 Å². The van der Waals surface area contributed by atoms with Crippen molar-refractivity contribution in [2.75, 3.05) is 26.2 Å². The van der Waals surface area contributed by atoms with Gasteiger partial charge in [-0.25, -0.2) is 0 Å².